The van der Waals surface area contributed by atoms with Gasteiger partial charge in [-0.1, -0.05) is 30.3 Å². The Morgan fingerprint density at radius 1 is 1.08 bits per heavy atom. The lowest BCUT2D eigenvalue weighted by atomic mass is 10.0. The molecule has 0 N–H and O–H groups in total. The molecule has 0 saturated heterocycles. The Kier molecular flexibility index (Phi) is 3.98. The minimum absolute atomic E-state index is 0.283. The molecule has 0 spiro atoms. The first-order valence-electron chi connectivity index (χ1n) is 8.24. The minimum atomic E-state index is -3.49. The van der Waals surface area contributed by atoms with Crippen LogP contribution in [-0.2, 0) is 22.8 Å². The summed E-state index contributed by atoms with van der Waals surface area (Å²) < 4.78 is 31.0. The van der Waals surface area contributed by atoms with Crippen molar-refractivity contribution in [3.63, 3.8) is 0 Å². The van der Waals surface area contributed by atoms with Gasteiger partial charge in [0.1, 0.15) is 11.3 Å². The van der Waals surface area contributed by atoms with Crippen molar-refractivity contribution in [2.75, 3.05) is 13.6 Å². The van der Waals surface area contributed by atoms with Gasteiger partial charge in [-0.05, 0) is 43.3 Å². The van der Waals surface area contributed by atoms with Gasteiger partial charge in [0.05, 0.1) is 4.90 Å². The number of hydrogen-bond donors (Lipinski definition) is 0. The van der Waals surface area contributed by atoms with Crippen LogP contribution >= 0.6 is 0 Å². The van der Waals surface area contributed by atoms with E-state index < -0.39 is 9.84 Å². The van der Waals surface area contributed by atoms with Crippen molar-refractivity contribution in [1.82, 2.24) is 4.90 Å². The van der Waals surface area contributed by atoms with Gasteiger partial charge >= 0.3 is 0 Å². The fourth-order valence-electron chi connectivity index (χ4n) is 3.31. The Morgan fingerprint density at radius 3 is 2.68 bits per heavy atom. The highest BCUT2D eigenvalue weighted by Crippen LogP contribution is 2.33. The summed E-state index contributed by atoms with van der Waals surface area (Å²) in [6.07, 6.45) is 2.55. The first-order chi connectivity index (χ1) is 12.0. The van der Waals surface area contributed by atoms with Gasteiger partial charge < -0.3 is 9.32 Å². The molecule has 0 amide bonds. The average molecular weight is 353 g/mol. The van der Waals surface area contributed by atoms with E-state index in [1.807, 2.05) is 12.1 Å². The SMILES string of the molecule is CN1CCc2cccc3oc(C=CS(=O)(=O)c4ccccc4)c(c23)C1. The predicted octanol–water partition coefficient (Wildman–Crippen LogP) is 3.87. The molecule has 2 aromatic carbocycles. The average Bonchev–Trinajstić information content (AvgIpc) is 2.87. The van der Waals surface area contributed by atoms with E-state index in [4.69, 9.17) is 4.42 Å². The molecule has 0 aliphatic carbocycles. The molecule has 0 saturated carbocycles. The number of rotatable bonds is 3. The molecular weight excluding hydrogens is 334 g/mol. The molecule has 0 bridgehead atoms. The molecule has 0 unspecified atom stereocenters. The summed E-state index contributed by atoms with van der Waals surface area (Å²) in [6.45, 7) is 1.72. The molecule has 0 fully saturated rings. The van der Waals surface area contributed by atoms with Crippen LogP contribution in [-0.4, -0.2) is 26.9 Å². The summed E-state index contributed by atoms with van der Waals surface area (Å²) in [6, 6.07) is 14.5. The van der Waals surface area contributed by atoms with E-state index in [1.165, 1.54) is 11.0 Å². The lowest BCUT2D eigenvalue weighted by Gasteiger charge is -2.12. The highest BCUT2D eigenvalue weighted by atomic mass is 32.2. The Bertz CT molecular complexity index is 1050. The van der Waals surface area contributed by atoms with Gasteiger partial charge in [-0.15, -0.1) is 0 Å². The molecular formula is C20H19NO3S. The molecule has 0 radical (unpaired) electrons. The van der Waals surface area contributed by atoms with Crippen molar-refractivity contribution in [2.24, 2.45) is 0 Å². The van der Waals surface area contributed by atoms with Crippen molar-refractivity contribution in [2.45, 2.75) is 17.9 Å². The van der Waals surface area contributed by atoms with Crippen LogP contribution in [0.1, 0.15) is 16.9 Å². The third-order valence-electron chi connectivity index (χ3n) is 4.59. The van der Waals surface area contributed by atoms with Crippen LogP contribution in [0.2, 0.25) is 0 Å². The Labute approximate surface area is 147 Å². The minimum Gasteiger partial charge on any atom is -0.456 e. The van der Waals surface area contributed by atoms with E-state index >= 15 is 0 Å². The zero-order valence-corrected chi connectivity index (χ0v) is 14.8. The van der Waals surface area contributed by atoms with Gasteiger partial charge in [-0.25, -0.2) is 8.42 Å². The van der Waals surface area contributed by atoms with Crippen molar-refractivity contribution < 1.29 is 12.8 Å². The van der Waals surface area contributed by atoms with Crippen LogP contribution in [0.5, 0.6) is 0 Å². The van der Waals surface area contributed by atoms with Crippen LogP contribution in [0, 0.1) is 0 Å². The molecule has 3 aromatic rings. The first kappa shape index (κ1) is 16.1. The number of likely N-dealkylation sites (N-methyl/N-ethyl adjacent to an activating group) is 1. The Balaban J connectivity index is 1.80. The van der Waals surface area contributed by atoms with E-state index in [1.54, 1.807) is 36.4 Å². The molecule has 128 valence electrons. The summed E-state index contributed by atoms with van der Waals surface area (Å²) in [5, 5.41) is 2.37. The molecule has 4 rings (SSSR count). The maximum Gasteiger partial charge on any atom is 0.199 e. The maximum absolute atomic E-state index is 12.5. The third kappa shape index (κ3) is 3.01. The second kappa shape index (κ2) is 6.17. The number of benzene rings is 2. The highest BCUT2D eigenvalue weighted by molar-refractivity contribution is 7.94. The number of sulfone groups is 1. The van der Waals surface area contributed by atoms with Gasteiger partial charge in [0.25, 0.3) is 0 Å². The molecule has 1 aliphatic rings. The lowest BCUT2D eigenvalue weighted by Crippen LogP contribution is -2.18. The van der Waals surface area contributed by atoms with Crippen molar-refractivity contribution >= 4 is 26.9 Å². The summed E-state index contributed by atoms with van der Waals surface area (Å²) in [4.78, 5) is 2.51. The van der Waals surface area contributed by atoms with Crippen LogP contribution in [0.4, 0.5) is 0 Å². The fourth-order valence-corrected chi connectivity index (χ4v) is 4.30. The molecule has 2 heterocycles. The highest BCUT2D eigenvalue weighted by Gasteiger charge is 2.21. The summed E-state index contributed by atoms with van der Waals surface area (Å²) in [5.74, 6) is 0.621. The molecule has 0 atom stereocenters. The number of furan rings is 1. The van der Waals surface area contributed by atoms with Crippen LogP contribution < -0.4 is 0 Å². The van der Waals surface area contributed by atoms with Gasteiger partial charge in [0.15, 0.2) is 9.84 Å². The topological polar surface area (TPSA) is 50.5 Å². The second-order valence-electron chi connectivity index (χ2n) is 6.38. The zero-order chi connectivity index (χ0) is 17.4. The summed E-state index contributed by atoms with van der Waals surface area (Å²) in [5.41, 5.74) is 3.14. The second-order valence-corrected chi connectivity index (χ2v) is 8.22. The Morgan fingerprint density at radius 2 is 1.88 bits per heavy atom. The van der Waals surface area contributed by atoms with E-state index in [2.05, 4.69) is 18.0 Å². The first-order valence-corrected chi connectivity index (χ1v) is 9.79. The molecule has 4 nitrogen and oxygen atoms in total. The largest absolute Gasteiger partial charge is 0.456 e. The predicted molar refractivity (Wildman–Crippen MR) is 98.9 cm³/mol. The number of nitrogens with zero attached hydrogens (tertiary/aromatic N) is 1. The van der Waals surface area contributed by atoms with E-state index in [0.717, 1.165) is 36.0 Å². The summed E-state index contributed by atoms with van der Waals surface area (Å²) >= 11 is 0. The standard InChI is InChI=1S/C20H19NO3S/c1-21-12-10-15-6-5-9-19-20(15)17(14-21)18(24-19)11-13-25(22,23)16-7-3-2-4-8-16/h2-9,11,13H,10,12,14H2,1H3. The quantitative estimate of drug-likeness (QED) is 0.717. The normalized spacial score (nSPS) is 15.7. The molecule has 25 heavy (non-hydrogen) atoms. The van der Waals surface area contributed by atoms with Gasteiger partial charge in [0.2, 0.25) is 0 Å². The van der Waals surface area contributed by atoms with Crippen LogP contribution in [0.25, 0.3) is 17.0 Å². The van der Waals surface area contributed by atoms with Gasteiger partial charge in [0, 0.05) is 29.4 Å². The van der Waals surface area contributed by atoms with E-state index in [9.17, 15) is 8.42 Å². The van der Waals surface area contributed by atoms with Crippen molar-refractivity contribution in [3.8, 4) is 0 Å². The van der Waals surface area contributed by atoms with Crippen molar-refractivity contribution in [3.05, 3.63) is 70.8 Å². The molecule has 1 aliphatic heterocycles. The smallest absolute Gasteiger partial charge is 0.199 e. The Hall–Kier alpha value is -2.37. The van der Waals surface area contributed by atoms with Gasteiger partial charge in [-0.3, -0.25) is 0 Å². The monoisotopic (exact) mass is 353 g/mol. The van der Waals surface area contributed by atoms with Crippen LogP contribution in [0.3, 0.4) is 0 Å². The van der Waals surface area contributed by atoms with Crippen molar-refractivity contribution in [1.29, 1.82) is 0 Å². The fraction of sp³-hybridized carbons (Fsp3) is 0.200. The van der Waals surface area contributed by atoms with Crippen LogP contribution in [0.15, 0.2) is 63.3 Å². The molecule has 5 heteroatoms. The molecule has 1 aromatic heterocycles. The number of hydrogen-bond acceptors (Lipinski definition) is 4. The zero-order valence-electron chi connectivity index (χ0n) is 14.0. The summed E-state index contributed by atoms with van der Waals surface area (Å²) in [7, 11) is -1.42. The maximum atomic E-state index is 12.5. The lowest BCUT2D eigenvalue weighted by molar-refractivity contribution is 0.334. The van der Waals surface area contributed by atoms with E-state index in [0.29, 0.717) is 5.76 Å². The van der Waals surface area contributed by atoms with Gasteiger partial charge in [-0.2, -0.15) is 0 Å². The van der Waals surface area contributed by atoms with E-state index in [-0.39, 0.29) is 4.90 Å². The third-order valence-corrected chi connectivity index (χ3v) is 6.02.